The Hall–Kier alpha value is -2.52. The summed E-state index contributed by atoms with van der Waals surface area (Å²) in [5.41, 5.74) is 2.17. The Morgan fingerprint density at radius 3 is 2.48 bits per heavy atom. The van der Waals surface area contributed by atoms with Crippen LogP contribution in [0.3, 0.4) is 0 Å². The molecule has 0 atom stereocenters. The predicted octanol–water partition coefficient (Wildman–Crippen LogP) is 2.51. The van der Waals surface area contributed by atoms with E-state index in [1.54, 1.807) is 30.3 Å². The summed E-state index contributed by atoms with van der Waals surface area (Å²) in [5.74, 6) is -2.19. The Morgan fingerprint density at radius 2 is 1.78 bits per heavy atom. The molecule has 0 unspecified atom stereocenters. The van der Waals surface area contributed by atoms with Crippen LogP contribution >= 0.6 is 0 Å². The maximum absolute atomic E-state index is 13.4. The first-order valence-electron chi connectivity index (χ1n) is 6.24. The number of halogens is 2. The van der Waals surface area contributed by atoms with E-state index in [2.05, 4.69) is 4.28 Å². The van der Waals surface area contributed by atoms with Crippen molar-refractivity contribution in [3.05, 3.63) is 65.7 Å². The summed E-state index contributed by atoms with van der Waals surface area (Å²) in [5, 5.41) is 0. The first-order valence-corrected chi connectivity index (χ1v) is 7.64. The molecule has 2 aromatic carbocycles. The molecule has 0 aromatic heterocycles. The standard InChI is InChI=1S/C14H11F2NO5S/c15-11-6-7-12(16)13(8-11)23(19,20)22-17-14(18)21-9-10-4-2-1-3-5-10/h1-8H,9H2,(H,17,18). The van der Waals surface area contributed by atoms with Crippen molar-refractivity contribution >= 4 is 16.2 Å². The van der Waals surface area contributed by atoms with Gasteiger partial charge in [-0.05, 0) is 23.8 Å². The van der Waals surface area contributed by atoms with Crippen LogP contribution in [-0.4, -0.2) is 14.5 Å². The number of rotatable bonds is 5. The van der Waals surface area contributed by atoms with E-state index in [0.29, 0.717) is 17.7 Å². The van der Waals surface area contributed by atoms with Crippen LogP contribution in [0.5, 0.6) is 0 Å². The molecule has 0 radical (unpaired) electrons. The number of nitrogens with one attached hydrogen (secondary N) is 1. The van der Waals surface area contributed by atoms with Gasteiger partial charge in [0.15, 0.2) is 0 Å². The first kappa shape index (κ1) is 16.8. The Kier molecular flexibility index (Phi) is 5.24. The van der Waals surface area contributed by atoms with Crippen LogP contribution in [0, 0.1) is 11.6 Å². The summed E-state index contributed by atoms with van der Waals surface area (Å²) in [6.45, 7) is -0.121. The average molecular weight is 343 g/mol. The lowest BCUT2D eigenvalue weighted by atomic mass is 10.2. The van der Waals surface area contributed by atoms with Gasteiger partial charge in [-0.2, -0.15) is 13.9 Å². The lowest BCUT2D eigenvalue weighted by Crippen LogP contribution is -2.28. The average Bonchev–Trinajstić information content (AvgIpc) is 2.54. The maximum Gasteiger partial charge on any atom is 0.432 e. The minimum Gasteiger partial charge on any atom is -0.443 e. The van der Waals surface area contributed by atoms with Crippen LogP contribution in [0.4, 0.5) is 13.6 Å². The van der Waals surface area contributed by atoms with Gasteiger partial charge in [-0.3, -0.25) is 0 Å². The van der Waals surface area contributed by atoms with Crippen molar-refractivity contribution in [3.8, 4) is 0 Å². The van der Waals surface area contributed by atoms with Gasteiger partial charge < -0.3 is 4.74 Å². The third-order valence-corrected chi connectivity index (χ3v) is 3.76. The van der Waals surface area contributed by atoms with E-state index in [1.807, 2.05) is 0 Å². The molecule has 0 aliphatic carbocycles. The highest BCUT2D eigenvalue weighted by atomic mass is 32.2. The van der Waals surface area contributed by atoms with Gasteiger partial charge in [0.25, 0.3) is 0 Å². The van der Waals surface area contributed by atoms with Crippen molar-refractivity contribution < 1.29 is 31.0 Å². The molecule has 0 aliphatic heterocycles. The molecule has 23 heavy (non-hydrogen) atoms. The molecule has 9 heteroatoms. The number of benzene rings is 2. The SMILES string of the molecule is O=C(NOS(=O)(=O)c1cc(F)ccc1F)OCc1ccccc1. The van der Waals surface area contributed by atoms with Crippen molar-refractivity contribution in [2.45, 2.75) is 11.5 Å². The minimum absolute atomic E-state index is 0.121. The van der Waals surface area contributed by atoms with E-state index >= 15 is 0 Å². The first-order chi connectivity index (χ1) is 10.9. The van der Waals surface area contributed by atoms with E-state index in [1.165, 1.54) is 5.48 Å². The van der Waals surface area contributed by atoms with Gasteiger partial charge in [-0.15, -0.1) is 4.28 Å². The molecule has 0 aliphatic rings. The molecule has 2 aromatic rings. The van der Waals surface area contributed by atoms with Crippen LogP contribution in [0.15, 0.2) is 53.4 Å². The number of hydroxylamine groups is 1. The molecule has 1 N–H and O–H groups in total. The van der Waals surface area contributed by atoms with Crippen LogP contribution in [0.25, 0.3) is 0 Å². The summed E-state index contributed by atoms with van der Waals surface area (Å²) in [6, 6.07) is 10.4. The third-order valence-electron chi connectivity index (χ3n) is 2.61. The molecular formula is C14H11F2NO5S. The Labute approximate surface area is 130 Å². The fourth-order valence-electron chi connectivity index (χ4n) is 1.56. The van der Waals surface area contributed by atoms with Gasteiger partial charge >= 0.3 is 16.2 Å². The highest BCUT2D eigenvalue weighted by Gasteiger charge is 2.23. The summed E-state index contributed by atoms with van der Waals surface area (Å²) >= 11 is 0. The molecule has 2 rings (SSSR count). The molecule has 0 saturated heterocycles. The van der Waals surface area contributed by atoms with Gasteiger partial charge in [0.1, 0.15) is 23.1 Å². The third kappa shape index (κ3) is 4.73. The largest absolute Gasteiger partial charge is 0.443 e. The molecule has 0 saturated carbocycles. The van der Waals surface area contributed by atoms with Crippen LogP contribution in [0.2, 0.25) is 0 Å². The normalized spacial score (nSPS) is 11.0. The highest BCUT2D eigenvalue weighted by Crippen LogP contribution is 2.17. The summed E-state index contributed by atoms with van der Waals surface area (Å²) in [7, 11) is -4.72. The van der Waals surface area contributed by atoms with Gasteiger partial charge in [-0.25, -0.2) is 13.6 Å². The number of hydrogen-bond acceptors (Lipinski definition) is 5. The second kappa shape index (κ2) is 7.16. The van der Waals surface area contributed by atoms with Crippen molar-refractivity contribution in [1.29, 1.82) is 0 Å². The summed E-state index contributed by atoms with van der Waals surface area (Å²) in [6.07, 6.45) is -1.20. The quantitative estimate of drug-likeness (QED) is 0.844. The topological polar surface area (TPSA) is 81.7 Å². The zero-order valence-electron chi connectivity index (χ0n) is 11.5. The van der Waals surface area contributed by atoms with E-state index in [9.17, 15) is 22.0 Å². The van der Waals surface area contributed by atoms with E-state index in [-0.39, 0.29) is 6.61 Å². The molecule has 0 bridgehead atoms. The van der Waals surface area contributed by atoms with Gasteiger partial charge in [-0.1, -0.05) is 30.3 Å². The van der Waals surface area contributed by atoms with E-state index < -0.39 is 32.7 Å². The van der Waals surface area contributed by atoms with Crippen molar-refractivity contribution in [2.75, 3.05) is 0 Å². The molecule has 0 fully saturated rings. The number of carbonyl (C=O) groups excluding carboxylic acids is 1. The Morgan fingerprint density at radius 1 is 1.09 bits per heavy atom. The summed E-state index contributed by atoms with van der Waals surface area (Å²) < 4.78 is 58.6. The molecule has 1 amide bonds. The molecular weight excluding hydrogens is 332 g/mol. The number of amides is 1. The van der Waals surface area contributed by atoms with Crippen molar-refractivity contribution in [3.63, 3.8) is 0 Å². The highest BCUT2D eigenvalue weighted by molar-refractivity contribution is 7.86. The van der Waals surface area contributed by atoms with E-state index in [4.69, 9.17) is 4.74 Å². The zero-order valence-corrected chi connectivity index (χ0v) is 12.3. The monoisotopic (exact) mass is 343 g/mol. The number of hydrogen-bond donors (Lipinski definition) is 1. The van der Waals surface area contributed by atoms with Crippen molar-refractivity contribution in [2.24, 2.45) is 0 Å². The second-order valence-corrected chi connectivity index (χ2v) is 5.79. The van der Waals surface area contributed by atoms with Gasteiger partial charge in [0.2, 0.25) is 0 Å². The summed E-state index contributed by atoms with van der Waals surface area (Å²) in [4.78, 5) is 10.3. The van der Waals surface area contributed by atoms with Crippen molar-refractivity contribution in [1.82, 2.24) is 5.48 Å². The maximum atomic E-state index is 13.4. The molecule has 122 valence electrons. The number of carbonyl (C=O) groups is 1. The smallest absolute Gasteiger partial charge is 0.432 e. The Bertz CT molecular complexity index is 796. The molecule has 0 spiro atoms. The Balaban J connectivity index is 1.94. The zero-order chi connectivity index (χ0) is 16.9. The second-order valence-electron chi connectivity index (χ2n) is 4.28. The number of ether oxygens (including phenoxy) is 1. The fourth-order valence-corrected chi connectivity index (χ4v) is 2.39. The lowest BCUT2D eigenvalue weighted by Gasteiger charge is -2.08. The molecule has 0 heterocycles. The van der Waals surface area contributed by atoms with Gasteiger partial charge in [0, 0.05) is 0 Å². The minimum atomic E-state index is -4.72. The van der Waals surface area contributed by atoms with Crippen LogP contribution in [-0.2, 0) is 25.7 Å². The van der Waals surface area contributed by atoms with Crippen LogP contribution in [0.1, 0.15) is 5.56 Å². The molecule has 6 nitrogen and oxygen atoms in total. The van der Waals surface area contributed by atoms with Crippen LogP contribution < -0.4 is 5.48 Å². The lowest BCUT2D eigenvalue weighted by molar-refractivity contribution is 0.0969. The van der Waals surface area contributed by atoms with Gasteiger partial charge in [0.05, 0.1) is 0 Å². The van der Waals surface area contributed by atoms with E-state index in [0.717, 1.165) is 6.07 Å². The predicted molar refractivity (Wildman–Crippen MR) is 74.4 cm³/mol. The fraction of sp³-hybridized carbons (Fsp3) is 0.0714.